The number of halogens is 2. The van der Waals surface area contributed by atoms with E-state index < -0.39 is 5.91 Å². The first-order chi connectivity index (χ1) is 11.5. The Bertz CT molecular complexity index is 826. The summed E-state index contributed by atoms with van der Waals surface area (Å²) >= 11 is 12.1. The van der Waals surface area contributed by atoms with Crippen LogP contribution in [-0.2, 0) is 4.79 Å². The summed E-state index contributed by atoms with van der Waals surface area (Å²) in [6.45, 7) is 2.36. The van der Waals surface area contributed by atoms with Crippen molar-refractivity contribution in [2.75, 3.05) is 11.9 Å². The fourth-order valence-electron chi connectivity index (χ4n) is 1.95. The van der Waals surface area contributed by atoms with Gasteiger partial charge in [0, 0.05) is 0 Å². The molecule has 1 N–H and O–H groups in total. The van der Waals surface area contributed by atoms with Crippen molar-refractivity contribution in [3.8, 4) is 11.8 Å². The Morgan fingerprint density at radius 1 is 1.25 bits per heavy atom. The number of nitrogens with one attached hydrogen (secondary N) is 1. The molecule has 2 aromatic carbocycles. The number of carbonyl (C=O) groups excluding carboxylic acids is 1. The first kappa shape index (κ1) is 17.9. The van der Waals surface area contributed by atoms with E-state index in [1.807, 2.05) is 13.0 Å². The molecule has 4 nitrogen and oxygen atoms in total. The number of rotatable bonds is 5. The molecule has 0 saturated heterocycles. The first-order valence-electron chi connectivity index (χ1n) is 7.15. The van der Waals surface area contributed by atoms with Gasteiger partial charge < -0.3 is 10.1 Å². The molecule has 0 bridgehead atoms. The lowest BCUT2D eigenvalue weighted by Crippen LogP contribution is -2.13. The number of hydrogen-bond donors (Lipinski definition) is 1. The number of amides is 1. The Hall–Kier alpha value is -2.48. The molecule has 0 fully saturated rings. The van der Waals surface area contributed by atoms with Gasteiger partial charge in [0.15, 0.2) is 0 Å². The van der Waals surface area contributed by atoms with E-state index in [9.17, 15) is 10.1 Å². The average Bonchev–Trinajstić information content (AvgIpc) is 2.57. The van der Waals surface area contributed by atoms with E-state index in [-0.39, 0.29) is 5.57 Å². The lowest BCUT2D eigenvalue weighted by Gasteiger charge is -2.07. The zero-order chi connectivity index (χ0) is 17.5. The van der Waals surface area contributed by atoms with Crippen LogP contribution in [0.3, 0.4) is 0 Å². The van der Waals surface area contributed by atoms with Crippen LogP contribution in [0.4, 0.5) is 5.69 Å². The van der Waals surface area contributed by atoms with Gasteiger partial charge in [0.1, 0.15) is 17.4 Å². The second-order valence-corrected chi connectivity index (χ2v) is 5.54. The van der Waals surface area contributed by atoms with Crippen LogP contribution in [0.5, 0.6) is 5.75 Å². The van der Waals surface area contributed by atoms with Crippen molar-refractivity contribution < 1.29 is 9.53 Å². The molecule has 0 saturated carbocycles. The van der Waals surface area contributed by atoms with E-state index in [4.69, 9.17) is 27.9 Å². The minimum atomic E-state index is -0.546. The summed E-state index contributed by atoms with van der Waals surface area (Å²) in [5, 5.41) is 12.7. The molecular formula is C18H14Cl2N2O2. The van der Waals surface area contributed by atoms with Crippen molar-refractivity contribution >= 4 is 40.9 Å². The summed E-state index contributed by atoms with van der Waals surface area (Å²) in [4.78, 5) is 12.2. The highest BCUT2D eigenvalue weighted by molar-refractivity contribution is 6.34. The Kier molecular flexibility index (Phi) is 6.25. The molecule has 0 unspecified atom stereocenters. The number of para-hydroxylation sites is 1. The topological polar surface area (TPSA) is 62.1 Å². The predicted octanol–water partition coefficient (Wildman–Crippen LogP) is 4.94. The van der Waals surface area contributed by atoms with E-state index in [0.717, 1.165) is 0 Å². The summed E-state index contributed by atoms with van der Waals surface area (Å²) < 4.78 is 5.35. The summed E-state index contributed by atoms with van der Waals surface area (Å²) in [7, 11) is 0. The van der Waals surface area contributed by atoms with Crippen molar-refractivity contribution in [3.63, 3.8) is 0 Å². The van der Waals surface area contributed by atoms with Crippen LogP contribution in [0.2, 0.25) is 10.0 Å². The van der Waals surface area contributed by atoms with Crippen molar-refractivity contribution in [2.45, 2.75) is 6.92 Å². The van der Waals surface area contributed by atoms with Gasteiger partial charge in [-0.2, -0.15) is 5.26 Å². The number of ether oxygens (including phenoxy) is 1. The highest BCUT2D eigenvalue weighted by Crippen LogP contribution is 2.27. The van der Waals surface area contributed by atoms with Crippen LogP contribution < -0.4 is 10.1 Å². The normalized spacial score (nSPS) is 10.8. The van der Waals surface area contributed by atoms with Crippen molar-refractivity contribution in [1.82, 2.24) is 0 Å². The number of benzene rings is 2. The average molecular weight is 361 g/mol. The van der Waals surface area contributed by atoms with Crippen LogP contribution >= 0.6 is 23.2 Å². The highest BCUT2D eigenvalue weighted by Gasteiger charge is 2.11. The maximum atomic E-state index is 12.2. The molecule has 0 aliphatic heterocycles. The summed E-state index contributed by atoms with van der Waals surface area (Å²) in [5.41, 5.74) is 1.000. The Labute approximate surface area is 150 Å². The molecule has 2 rings (SSSR count). The molecule has 0 atom stereocenters. The van der Waals surface area contributed by atoms with E-state index in [1.165, 1.54) is 6.08 Å². The van der Waals surface area contributed by atoms with Gasteiger partial charge in [0.2, 0.25) is 0 Å². The minimum absolute atomic E-state index is 0.0600. The maximum Gasteiger partial charge on any atom is 0.266 e. The van der Waals surface area contributed by atoms with Crippen LogP contribution in [0.15, 0.2) is 48.0 Å². The number of nitriles is 1. The monoisotopic (exact) mass is 360 g/mol. The second kappa shape index (κ2) is 8.39. The second-order valence-electron chi connectivity index (χ2n) is 4.73. The van der Waals surface area contributed by atoms with Crippen molar-refractivity contribution in [3.05, 3.63) is 63.6 Å². The maximum absolute atomic E-state index is 12.2. The number of anilines is 1. The molecule has 0 aliphatic carbocycles. The Balaban J connectivity index is 2.23. The quantitative estimate of drug-likeness (QED) is 0.606. The van der Waals surface area contributed by atoms with Gasteiger partial charge >= 0.3 is 0 Å². The standard InChI is InChI=1S/C18H14Cl2N2O2/c1-2-24-17-8-7-12(10-15(17)20)9-13(11-21)18(23)22-16-6-4-3-5-14(16)19/h3-10H,2H2,1H3,(H,22,23)/b13-9-. The van der Waals surface area contributed by atoms with Gasteiger partial charge in [-0.3, -0.25) is 4.79 Å². The van der Waals surface area contributed by atoms with Crippen LogP contribution in [0.1, 0.15) is 12.5 Å². The van der Waals surface area contributed by atoms with Crippen molar-refractivity contribution in [1.29, 1.82) is 5.26 Å². The third kappa shape index (κ3) is 4.51. The Morgan fingerprint density at radius 3 is 2.62 bits per heavy atom. The Morgan fingerprint density at radius 2 is 2.00 bits per heavy atom. The molecule has 1 amide bonds. The summed E-state index contributed by atoms with van der Waals surface area (Å²) in [6, 6.07) is 13.7. The number of hydrogen-bond acceptors (Lipinski definition) is 3. The molecule has 122 valence electrons. The lowest BCUT2D eigenvalue weighted by molar-refractivity contribution is -0.112. The van der Waals surface area contributed by atoms with Gasteiger partial charge in [0.05, 0.1) is 22.3 Å². The van der Waals surface area contributed by atoms with E-state index in [2.05, 4.69) is 5.32 Å². The zero-order valence-corrected chi connectivity index (χ0v) is 14.4. The van der Waals surface area contributed by atoms with Gasteiger partial charge in [-0.15, -0.1) is 0 Å². The highest BCUT2D eigenvalue weighted by atomic mass is 35.5. The molecule has 0 spiro atoms. The van der Waals surface area contributed by atoms with Gasteiger partial charge in [-0.1, -0.05) is 41.4 Å². The molecule has 2 aromatic rings. The fourth-order valence-corrected chi connectivity index (χ4v) is 2.37. The molecule has 0 radical (unpaired) electrons. The summed E-state index contributed by atoms with van der Waals surface area (Å²) in [6.07, 6.45) is 1.45. The minimum Gasteiger partial charge on any atom is -0.492 e. The molecule has 0 aliphatic rings. The zero-order valence-electron chi connectivity index (χ0n) is 12.8. The molecule has 0 aromatic heterocycles. The molecule has 6 heteroatoms. The number of carbonyl (C=O) groups is 1. The van der Waals surface area contributed by atoms with Crippen LogP contribution in [-0.4, -0.2) is 12.5 Å². The van der Waals surface area contributed by atoms with Gasteiger partial charge in [0.25, 0.3) is 5.91 Å². The van der Waals surface area contributed by atoms with Gasteiger partial charge in [-0.25, -0.2) is 0 Å². The van der Waals surface area contributed by atoms with Crippen LogP contribution in [0, 0.1) is 11.3 Å². The predicted molar refractivity (Wildman–Crippen MR) is 96.3 cm³/mol. The summed E-state index contributed by atoms with van der Waals surface area (Å²) in [5.74, 6) is 0.00551. The third-order valence-corrected chi connectivity index (χ3v) is 3.68. The largest absolute Gasteiger partial charge is 0.492 e. The van der Waals surface area contributed by atoms with Crippen molar-refractivity contribution in [2.24, 2.45) is 0 Å². The first-order valence-corrected chi connectivity index (χ1v) is 7.90. The third-order valence-electron chi connectivity index (χ3n) is 3.05. The molecule has 24 heavy (non-hydrogen) atoms. The van der Waals surface area contributed by atoms with E-state index in [1.54, 1.807) is 42.5 Å². The molecule has 0 heterocycles. The van der Waals surface area contributed by atoms with Gasteiger partial charge in [-0.05, 0) is 42.8 Å². The van der Waals surface area contributed by atoms with Crippen LogP contribution in [0.25, 0.3) is 6.08 Å². The fraction of sp³-hybridized carbons (Fsp3) is 0.111. The smallest absolute Gasteiger partial charge is 0.266 e. The SMILES string of the molecule is CCOc1ccc(/C=C(/C#N)C(=O)Nc2ccccc2Cl)cc1Cl. The lowest BCUT2D eigenvalue weighted by atomic mass is 10.1. The van der Waals surface area contributed by atoms with E-state index in [0.29, 0.717) is 33.7 Å². The van der Waals surface area contributed by atoms with E-state index >= 15 is 0 Å². The molecular weight excluding hydrogens is 347 g/mol. The number of nitrogens with zero attached hydrogens (tertiary/aromatic N) is 1.